The quantitative estimate of drug-likeness (QED) is 0.774. The molecule has 0 radical (unpaired) electrons. The van der Waals surface area contributed by atoms with E-state index in [9.17, 15) is 4.39 Å². The van der Waals surface area contributed by atoms with E-state index in [1.807, 2.05) is 12.1 Å². The van der Waals surface area contributed by atoms with Gasteiger partial charge in [0.05, 0.1) is 12.7 Å². The Hall–Kier alpha value is -1.19. The van der Waals surface area contributed by atoms with Crippen molar-refractivity contribution in [2.24, 2.45) is 0 Å². The van der Waals surface area contributed by atoms with Crippen molar-refractivity contribution in [2.45, 2.75) is 26.4 Å². The maximum atomic E-state index is 12.9. The molecule has 2 nitrogen and oxygen atoms in total. The molecule has 1 saturated heterocycles. The van der Waals surface area contributed by atoms with Gasteiger partial charge in [-0.05, 0) is 38.0 Å². The topological polar surface area (TPSA) is 12.5 Å². The second-order valence-corrected chi connectivity index (χ2v) is 5.19. The van der Waals surface area contributed by atoms with Gasteiger partial charge in [-0.25, -0.2) is 4.39 Å². The minimum Gasteiger partial charge on any atom is -0.375 e. The molecule has 1 aliphatic heterocycles. The van der Waals surface area contributed by atoms with Crippen molar-refractivity contribution in [1.82, 2.24) is 4.90 Å². The molecule has 1 unspecified atom stereocenters. The third-order valence-corrected chi connectivity index (χ3v) is 3.57. The summed E-state index contributed by atoms with van der Waals surface area (Å²) in [6.45, 7) is 7.96. The lowest BCUT2D eigenvalue weighted by molar-refractivity contribution is -0.0244. The molecule has 0 aliphatic carbocycles. The van der Waals surface area contributed by atoms with Gasteiger partial charge in [0.1, 0.15) is 5.82 Å². The van der Waals surface area contributed by atoms with Crippen LogP contribution in [-0.4, -0.2) is 37.2 Å². The first-order valence-electron chi connectivity index (χ1n) is 6.87. The molecule has 0 amide bonds. The molecule has 19 heavy (non-hydrogen) atoms. The second-order valence-electron chi connectivity index (χ2n) is 5.19. The summed E-state index contributed by atoms with van der Waals surface area (Å²) >= 11 is 0. The summed E-state index contributed by atoms with van der Waals surface area (Å²) in [6.07, 6.45) is 3.22. The highest BCUT2D eigenvalue weighted by Gasteiger charge is 2.20. The zero-order chi connectivity index (χ0) is 13.7. The molecule has 0 bridgehead atoms. The molecular weight excluding hydrogens is 241 g/mol. The predicted molar refractivity (Wildman–Crippen MR) is 75.7 cm³/mol. The number of hydrogen-bond acceptors (Lipinski definition) is 2. The highest BCUT2D eigenvalue weighted by atomic mass is 19.1. The SMILES string of the molecule is C/C=C(\C)CN1CCOC(Cc2ccc(F)cc2)C1. The van der Waals surface area contributed by atoms with Crippen molar-refractivity contribution in [3.05, 3.63) is 47.3 Å². The minimum absolute atomic E-state index is 0.182. The normalized spacial score (nSPS) is 21.6. The van der Waals surface area contributed by atoms with Gasteiger partial charge in [0, 0.05) is 19.6 Å². The van der Waals surface area contributed by atoms with Gasteiger partial charge in [-0.15, -0.1) is 0 Å². The molecule has 1 aromatic rings. The van der Waals surface area contributed by atoms with Crippen molar-refractivity contribution >= 4 is 0 Å². The van der Waals surface area contributed by atoms with Gasteiger partial charge in [0.25, 0.3) is 0 Å². The molecular formula is C16H22FNO. The van der Waals surface area contributed by atoms with Crippen LogP contribution in [-0.2, 0) is 11.2 Å². The van der Waals surface area contributed by atoms with Gasteiger partial charge in [0.2, 0.25) is 0 Å². The van der Waals surface area contributed by atoms with Gasteiger partial charge < -0.3 is 4.74 Å². The largest absolute Gasteiger partial charge is 0.375 e. The third kappa shape index (κ3) is 4.44. The third-order valence-electron chi connectivity index (χ3n) is 3.57. The van der Waals surface area contributed by atoms with Gasteiger partial charge in [0.15, 0.2) is 0 Å². The van der Waals surface area contributed by atoms with Gasteiger partial charge in [-0.2, -0.15) is 0 Å². The van der Waals surface area contributed by atoms with Crippen LogP contribution in [0.5, 0.6) is 0 Å². The Balaban J connectivity index is 1.88. The molecule has 104 valence electrons. The van der Waals surface area contributed by atoms with Gasteiger partial charge in [-0.1, -0.05) is 23.8 Å². The summed E-state index contributed by atoms with van der Waals surface area (Å²) < 4.78 is 18.7. The lowest BCUT2D eigenvalue weighted by Gasteiger charge is -2.33. The van der Waals surface area contributed by atoms with E-state index in [0.717, 1.165) is 38.2 Å². The standard InChI is InChI=1S/C16H22FNO/c1-3-13(2)11-18-8-9-19-16(12-18)10-14-4-6-15(17)7-5-14/h3-7,16H,8-12H2,1-2H3/b13-3+. The molecule has 0 spiro atoms. The van der Waals surface area contributed by atoms with E-state index in [4.69, 9.17) is 4.74 Å². The summed E-state index contributed by atoms with van der Waals surface area (Å²) in [5, 5.41) is 0. The van der Waals surface area contributed by atoms with Crippen molar-refractivity contribution in [1.29, 1.82) is 0 Å². The Morgan fingerprint density at radius 1 is 1.42 bits per heavy atom. The second kappa shape index (κ2) is 6.83. The molecule has 0 saturated carbocycles. The van der Waals surface area contributed by atoms with Crippen LogP contribution in [0.2, 0.25) is 0 Å². The maximum absolute atomic E-state index is 12.9. The Morgan fingerprint density at radius 2 is 2.16 bits per heavy atom. The molecule has 3 heteroatoms. The maximum Gasteiger partial charge on any atom is 0.123 e. The minimum atomic E-state index is -0.182. The molecule has 0 N–H and O–H groups in total. The van der Waals surface area contributed by atoms with Crippen LogP contribution in [0, 0.1) is 5.82 Å². The summed E-state index contributed by atoms with van der Waals surface area (Å²) in [7, 11) is 0. The first kappa shape index (κ1) is 14.2. The van der Waals surface area contributed by atoms with Crippen LogP contribution >= 0.6 is 0 Å². The smallest absolute Gasteiger partial charge is 0.123 e. The molecule has 1 heterocycles. The van der Waals surface area contributed by atoms with E-state index in [0.29, 0.717) is 0 Å². The molecule has 1 atom stereocenters. The number of morpholine rings is 1. The number of halogens is 1. The van der Waals surface area contributed by atoms with E-state index < -0.39 is 0 Å². The number of hydrogen-bond donors (Lipinski definition) is 0. The van der Waals surface area contributed by atoms with Crippen molar-refractivity contribution < 1.29 is 9.13 Å². The molecule has 0 aromatic heterocycles. The fraction of sp³-hybridized carbons (Fsp3) is 0.500. The Kier molecular flexibility index (Phi) is 5.11. The summed E-state index contributed by atoms with van der Waals surface area (Å²) in [5.74, 6) is -0.182. The summed E-state index contributed by atoms with van der Waals surface area (Å²) in [6, 6.07) is 6.71. The fourth-order valence-corrected chi connectivity index (χ4v) is 2.37. The zero-order valence-electron chi connectivity index (χ0n) is 11.7. The van der Waals surface area contributed by atoms with Crippen LogP contribution in [0.15, 0.2) is 35.9 Å². The number of benzene rings is 1. The number of rotatable bonds is 4. The molecule has 2 rings (SSSR count). The predicted octanol–water partition coefficient (Wildman–Crippen LogP) is 3.04. The van der Waals surface area contributed by atoms with Crippen LogP contribution in [0.3, 0.4) is 0 Å². The van der Waals surface area contributed by atoms with Crippen molar-refractivity contribution in [2.75, 3.05) is 26.2 Å². The lowest BCUT2D eigenvalue weighted by Crippen LogP contribution is -2.43. The van der Waals surface area contributed by atoms with E-state index in [2.05, 4.69) is 24.8 Å². The van der Waals surface area contributed by atoms with E-state index in [1.165, 1.54) is 17.7 Å². The monoisotopic (exact) mass is 263 g/mol. The molecule has 1 aliphatic rings. The number of allylic oxidation sites excluding steroid dienone is 1. The Labute approximate surface area is 114 Å². The highest BCUT2D eigenvalue weighted by molar-refractivity contribution is 5.17. The van der Waals surface area contributed by atoms with Crippen LogP contribution < -0.4 is 0 Å². The van der Waals surface area contributed by atoms with Crippen molar-refractivity contribution in [3.63, 3.8) is 0 Å². The van der Waals surface area contributed by atoms with Crippen LogP contribution in [0.25, 0.3) is 0 Å². The number of ether oxygens (including phenoxy) is 1. The molecule has 1 fully saturated rings. The first-order chi connectivity index (χ1) is 9.17. The van der Waals surface area contributed by atoms with Crippen molar-refractivity contribution in [3.8, 4) is 0 Å². The first-order valence-corrected chi connectivity index (χ1v) is 6.87. The zero-order valence-corrected chi connectivity index (χ0v) is 11.7. The van der Waals surface area contributed by atoms with Crippen LogP contribution in [0.4, 0.5) is 4.39 Å². The highest BCUT2D eigenvalue weighted by Crippen LogP contribution is 2.13. The average molecular weight is 263 g/mol. The summed E-state index contributed by atoms with van der Waals surface area (Å²) in [4.78, 5) is 2.42. The molecule has 1 aromatic carbocycles. The number of nitrogens with zero attached hydrogens (tertiary/aromatic N) is 1. The Morgan fingerprint density at radius 3 is 2.84 bits per heavy atom. The van der Waals surface area contributed by atoms with Gasteiger partial charge >= 0.3 is 0 Å². The van der Waals surface area contributed by atoms with E-state index in [-0.39, 0.29) is 11.9 Å². The summed E-state index contributed by atoms with van der Waals surface area (Å²) in [5.41, 5.74) is 2.53. The van der Waals surface area contributed by atoms with Gasteiger partial charge in [-0.3, -0.25) is 4.90 Å². The van der Waals surface area contributed by atoms with E-state index >= 15 is 0 Å². The average Bonchev–Trinajstić information content (AvgIpc) is 2.42. The Bertz CT molecular complexity index is 427. The van der Waals surface area contributed by atoms with E-state index in [1.54, 1.807) is 0 Å². The van der Waals surface area contributed by atoms with Crippen LogP contribution in [0.1, 0.15) is 19.4 Å². The fourth-order valence-electron chi connectivity index (χ4n) is 2.37. The lowest BCUT2D eigenvalue weighted by atomic mass is 10.1.